The van der Waals surface area contributed by atoms with Gasteiger partial charge >= 0.3 is 0 Å². The van der Waals surface area contributed by atoms with Crippen LogP contribution in [-0.2, 0) is 6.54 Å². The zero-order chi connectivity index (χ0) is 15.8. The SMILES string of the molecule is CCCN1CCC(NC(=NC)NCc2ccccc2Cl)CC1. The van der Waals surface area contributed by atoms with Crippen LogP contribution < -0.4 is 10.6 Å². The molecule has 0 bridgehead atoms. The predicted molar refractivity (Wildman–Crippen MR) is 94.5 cm³/mol. The quantitative estimate of drug-likeness (QED) is 0.647. The molecule has 4 nitrogen and oxygen atoms in total. The summed E-state index contributed by atoms with van der Waals surface area (Å²) in [6.45, 7) is 6.49. The lowest BCUT2D eigenvalue weighted by Gasteiger charge is -2.32. The van der Waals surface area contributed by atoms with E-state index in [1.807, 2.05) is 31.3 Å². The summed E-state index contributed by atoms with van der Waals surface area (Å²) in [6, 6.07) is 8.40. The van der Waals surface area contributed by atoms with Crippen LogP contribution in [0.3, 0.4) is 0 Å². The van der Waals surface area contributed by atoms with Crippen molar-refractivity contribution in [2.45, 2.75) is 38.8 Å². The molecule has 1 heterocycles. The van der Waals surface area contributed by atoms with E-state index in [2.05, 4.69) is 27.4 Å². The van der Waals surface area contributed by atoms with Crippen LogP contribution in [0.4, 0.5) is 0 Å². The van der Waals surface area contributed by atoms with Crippen molar-refractivity contribution in [2.24, 2.45) is 4.99 Å². The predicted octanol–water partition coefficient (Wildman–Crippen LogP) is 2.88. The van der Waals surface area contributed by atoms with Gasteiger partial charge in [-0.2, -0.15) is 0 Å². The fourth-order valence-electron chi connectivity index (χ4n) is 2.83. The number of nitrogens with zero attached hydrogens (tertiary/aromatic N) is 2. The second-order valence-corrected chi connectivity index (χ2v) is 6.18. The summed E-state index contributed by atoms with van der Waals surface area (Å²) in [5.74, 6) is 0.855. The molecule has 1 saturated heterocycles. The summed E-state index contributed by atoms with van der Waals surface area (Å²) in [5.41, 5.74) is 1.09. The van der Waals surface area contributed by atoms with Crippen LogP contribution in [-0.4, -0.2) is 43.6 Å². The van der Waals surface area contributed by atoms with Crippen molar-refractivity contribution in [1.29, 1.82) is 0 Å². The van der Waals surface area contributed by atoms with Crippen molar-refractivity contribution in [3.05, 3.63) is 34.9 Å². The maximum Gasteiger partial charge on any atom is 0.191 e. The summed E-state index contributed by atoms with van der Waals surface area (Å²) in [6.07, 6.45) is 3.58. The molecule has 0 amide bonds. The molecule has 0 unspecified atom stereocenters. The minimum atomic E-state index is 0.505. The van der Waals surface area contributed by atoms with Gasteiger partial charge in [-0.15, -0.1) is 0 Å². The second-order valence-electron chi connectivity index (χ2n) is 5.78. The van der Waals surface area contributed by atoms with Crippen LogP contribution in [0.2, 0.25) is 5.02 Å². The third-order valence-electron chi connectivity index (χ3n) is 4.10. The van der Waals surface area contributed by atoms with Crippen molar-refractivity contribution >= 4 is 17.6 Å². The Balaban J connectivity index is 1.77. The molecule has 1 aliphatic heterocycles. The number of rotatable bonds is 5. The Morgan fingerprint density at radius 3 is 2.68 bits per heavy atom. The second kappa shape index (κ2) is 9.01. The fourth-order valence-corrected chi connectivity index (χ4v) is 3.03. The maximum atomic E-state index is 6.18. The lowest BCUT2D eigenvalue weighted by atomic mass is 10.1. The average molecular weight is 323 g/mol. The summed E-state index contributed by atoms with van der Waals surface area (Å²) in [5, 5.41) is 7.67. The molecule has 5 heteroatoms. The van der Waals surface area contributed by atoms with E-state index in [1.54, 1.807) is 0 Å². The normalized spacial score (nSPS) is 17.5. The Morgan fingerprint density at radius 2 is 2.05 bits per heavy atom. The molecule has 1 fully saturated rings. The molecule has 0 radical (unpaired) electrons. The van der Waals surface area contributed by atoms with E-state index in [-0.39, 0.29) is 0 Å². The van der Waals surface area contributed by atoms with Crippen LogP contribution in [0.5, 0.6) is 0 Å². The lowest BCUT2D eigenvalue weighted by molar-refractivity contribution is 0.206. The third-order valence-corrected chi connectivity index (χ3v) is 4.46. The molecule has 0 aromatic heterocycles. The molecule has 1 aromatic carbocycles. The summed E-state index contributed by atoms with van der Waals surface area (Å²) < 4.78 is 0. The van der Waals surface area contributed by atoms with Gasteiger partial charge < -0.3 is 15.5 Å². The van der Waals surface area contributed by atoms with Crippen molar-refractivity contribution < 1.29 is 0 Å². The molecular formula is C17H27ClN4. The van der Waals surface area contributed by atoms with Crippen LogP contribution in [0.25, 0.3) is 0 Å². The highest BCUT2D eigenvalue weighted by molar-refractivity contribution is 6.31. The number of likely N-dealkylation sites (tertiary alicyclic amines) is 1. The number of benzene rings is 1. The van der Waals surface area contributed by atoms with Crippen molar-refractivity contribution in [1.82, 2.24) is 15.5 Å². The van der Waals surface area contributed by atoms with Gasteiger partial charge in [-0.05, 0) is 37.4 Å². The van der Waals surface area contributed by atoms with E-state index < -0.39 is 0 Å². The number of piperidine rings is 1. The maximum absolute atomic E-state index is 6.18. The smallest absolute Gasteiger partial charge is 0.191 e. The van der Waals surface area contributed by atoms with Crippen molar-refractivity contribution in [3.8, 4) is 0 Å². The first-order valence-corrected chi connectivity index (χ1v) is 8.53. The molecule has 1 aliphatic rings. The molecule has 22 heavy (non-hydrogen) atoms. The van der Waals surface area contributed by atoms with Gasteiger partial charge in [0.2, 0.25) is 0 Å². The number of aliphatic imine (C=N–C) groups is 1. The Hall–Kier alpha value is -1.26. The van der Waals surface area contributed by atoms with E-state index in [9.17, 15) is 0 Å². The van der Waals surface area contributed by atoms with E-state index in [0.717, 1.165) is 16.5 Å². The van der Waals surface area contributed by atoms with E-state index in [4.69, 9.17) is 11.6 Å². The van der Waals surface area contributed by atoms with Crippen LogP contribution >= 0.6 is 11.6 Å². The molecule has 122 valence electrons. The molecule has 0 aliphatic carbocycles. The molecule has 0 atom stereocenters. The van der Waals surface area contributed by atoms with Gasteiger partial charge in [-0.3, -0.25) is 4.99 Å². The summed E-state index contributed by atoms with van der Waals surface area (Å²) >= 11 is 6.18. The Bertz CT molecular complexity index is 481. The first-order valence-electron chi connectivity index (χ1n) is 8.16. The molecular weight excluding hydrogens is 296 g/mol. The first kappa shape index (κ1) is 17.1. The number of halogens is 1. The fraction of sp³-hybridized carbons (Fsp3) is 0.588. The first-order chi connectivity index (χ1) is 10.7. The van der Waals surface area contributed by atoms with Gasteiger partial charge in [0.05, 0.1) is 0 Å². The Morgan fingerprint density at radius 1 is 1.32 bits per heavy atom. The van der Waals surface area contributed by atoms with E-state index in [0.29, 0.717) is 12.6 Å². The van der Waals surface area contributed by atoms with Crippen molar-refractivity contribution in [2.75, 3.05) is 26.7 Å². The number of hydrogen-bond acceptors (Lipinski definition) is 2. The van der Waals surface area contributed by atoms with Crippen LogP contribution in [0.15, 0.2) is 29.3 Å². The average Bonchev–Trinajstić information content (AvgIpc) is 2.54. The van der Waals surface area contributed by atoms with Gasteiger partial charge in [0.1, 0.15) is 0 Å². The van der Waals surface area contributed by atoms with Gasteiger partial charge in [-0.25, -0.2) is 0 Å². The zero-order valence-electron chi connectivity index (χ0n) is 13.6. The van der Waals surface area contributed by atoms with Gasteiger partial charge in [0.25, 0.3) is 0 Å². The molecule has 0 saturated carbocycles. The lowest BCUT2D eigenvalue weighted by Crippen LogP contribution is -2.48. The number of guanidine groups is 1. The Labute approximate surface area is 138 Å². The monoisotopic (exact) mass is 322 g/mol. The number of hydrogen-bond donors (Lipinski definition) is 2. The van der Waals surface area contributed by atoms with Gasteiger partial charge in [0.15, 0.2) is 5.96 Å². The zero-order valence-corrected chi connectivity index (χ0v) is 14.4. The topological polar surface area (TPSA) is 39.7 Å². The van der Waals surface area contributed by atoms with Gasteiger partial charge in [-0.1, -0.05) is 36.7 Å². The standard InChI is InChI=1S/C17H27ClN4/c1-3-10-22-11-8-15(9-12-22)21-17(19-2)20-13-14-6-4-5-7-16(14)18/h4-7,15H,3,8-13H2,1-2H3,(H2,19,20,21). The molecule has 2 N–H and O–H groups in total. The molecule has 2 rings (SSSR count). The van der Waals surface area contributed by atoms with E-state index in [1.165, 1.54) is 38.9 Å². The third kappa shape index (κ3) is 5.18. The highest BCUT2D eigenvalue weighted by Gasteiger charge is 2.19. The summed E-state index contributed by atoms with van der Waals surface area (Å²) in [7, 11) is 1.81. The largest absolute Gasteiger partial charge is 0.354 e. The van der Waals surface area contributed by atoms with Gasteiger partial charge in [0, 0.05) is 37.7 Å². The minimum absolute atomic E-state index is 0.505. The Kier molecular flexibility index (Phi) is 7.00. The van der Waals surface area contributed by atoms with Crippen molar-refractivity contribution in [3.63, 3.8) is 0 Å². The number of nitrogens with one attached hydrogen (secondary N) is 2. The minimum Gasteiger partial charge on any atom is -0.354 e. The van der Waals surface area contributed by atoms with Crippen LogP contribution in [0, 0.1) is 0 Å². The highest BCUT2D eigenvalue weighted by atomic mass is 35.5. The summed E-state index contributed by atoms with van der Waals surface area (Å²) in [4.78, 5) is 6.86. The highest BCUT2D eigenvalue weighted by Crippen LogP contribution is 2.14. The molecule has 0 spiro atoms. The van der Waals surface area contributed by atoms with Crippen LogP contribution in [0.1, 0.15) is 31.7 Å². The molecule has 1 aromatic rings. The van der Waals surface area contributed by atoms with E-state index >= 15 is 0 Å².